The standard InChI is InChI=1S/C23H34O6/c1-13(24)28-16-7-9-21(3)15(11-16)5-6-17-18(21)12-20(29-14(2)25)22(4)19(26)8-10-23(17,22)27/h15-18,20,27H,5-12H2,1-4H3/t15-,16-,17+,18-,20+,21-,22-,23-/m0/s1. The Bertz CT molecular complexity index is 733. The first-order valence-electron chi connectivity index (χ1n) is 11.1. The van der Waals surface area contributed by atoms with Gasteiger partial charge in [0.2, 0.25) is 0 Å². The minimum atomic E-state index is -1.12. The number of carbonyl (C=O) groups excluding carboxylic acids is 3. The first kappa shape index (κ1) is 20.8. The van der Waals surface area contributed by atoms with E-state index in [1.165, 1.54) is 13.8 Å². The number of ether oxygens (including phenoxy) is 2. The van der Waals surface area contributed by atoms with Crippen LogP contribution in [0.2, 0.25) is 0 Å². The Morgan fingerprint density at radius 3 is 2.31 bits per heavy atom. The topological polar surface area (TPSA) is 89.9 Å². The highest BCUT2D eigenvalue weighted by molar-refractivity contribution is 5.90. The fourth-order valence-electron chi connectivity index (χ4n) is 7.63. The molecule has 0 heterocycles. The molecule has 0 bridgehead atoms. The first-order valence-corrected chi connectivity index (χ1v) is 11.1. The third-order valence-corrected chi connectivity index (χ3v) is 9.22. The Kier molecular flexibility index (Phi) is 4.88. The average Bonchev–Trinajstić information content (AvgIpc) is 2.87. The van der Waals surface area contributed by atoms with Gasteiger partial charge in [-0.05, 0) is 75.0 Å². The fraction of sp³-hybridized carbons (Fsp3) is 0.870. The molecule has 6 heteroatoms. The van der Waals surface area contributed by atoms with Crippen LogP contribution >= 0.6 is 0 Å². The van der Waals surface area contributed by atoms with Gasteiger partial charge in [0.15, 0.2) is 0 Å². The Morgan fingerprint density at radius 1 is 0.966 bits per heavy atom. The van der Waals surface area contributed by atoms with E-state index in [4.69, 9.17) is 9.47 Å². The average molecular weight is 407 g/mol. The van der Waals surface area contributed by atoms with Crippen molar-refractivity contribution in [2.75, 3.05) is 0 Å². The van der Waals surface area contributed by atoms with Crippen LogP contribution in [0.3, 0.4) is 0 Å². The highest BCUT2D eigenvalue weighted by atomic mass is 16.5. The molecule has 162 valence electrons. The van der Waals surface area contributed by atoms with Gasteiger partial charge in [-0.3, -0.25) is 14.4 Å². The van der Waals surface area contributed by atoms with Crippen LogP contribution in [-0.4, -0.2) is 40.6 Å². The first-order chi connectivity index (χ1) is 13.5. The van der Waals surface area contributed by atoms with E-state index < -0.39 is 23.1 Å². The summed E-state index contributed by atoms with van der Waals surface area (Å²) in [5.41, 5.74) is -2.15. The van der Waals surface area contributed by atoms with Crippen LogP contribution < -0.4 is 0 Å². The molecule has 0 saturated heterocycles. The zero-order valence-electron chi connectivity index (χ0n) is 18.0. The van der Waals surface area contributed by atoms with Crippen LogP contribution in [-0.2, 0) is 23.9 Å². The number of ketones is 1. The number of rotatable bonds is 2. The summed E-state index contributed by atoms with van der Waals surface area (Å²) in [6, 6.07) is 0. The van der Waals surface area contributed by atoms with Gasteiger partial charge in [0.25, 0.3) is 0 Å². The van der Waals surface area contributed by atoms with Crippen molar-refractivity contribution in [3.8, 4) is 0 Å². The van der Waals surface area contributed by atoms with E-state index in [2.05, 4.69) is 6.92 Å². The molecular formula is C23H34O6. The molecule has 4 rings (SSSR count). The minimum Gasteiger partial charge on any atom is -0.463 e. The molecule has 29 heavy (non-hydrogen) atoms. The molecule has 6 nitrogen and oxygen atoms in total. The van der Waals surface area contributed by atoms with Crippen LogP contribution in [0.15, 0.2) is 0 Å². The number of aliphatic hydroxyl groups is 1. The van der Waals surface area contributed by atoms with E-state index in [0.717, 1.165) is 32.1 Å². The number of Topliss-reactive ketones (excluding diaryl/α,β-unsaturated/α-hetero) is 1. The molecule has 4 aliphatic rings. The van der Waals surface area contributed by atoms with Crippen LogP contribution in [0, 0.1) is 28.6 Å². The van der Waals surface area contributed by atoms with Crippen LogP contribution in [0.5, 0.6) is 0 Å². The number of fused-ring (bicyclic) bond motifs is 5. The predicted octanol–water partition coefficient (Wildman–Crippen LogP) is 3.19. The lowest BCUT2D eigenvalue weighted by atomic mass is 9.43. The summed E-state index contributed by atoms with van der Waals surface area (Å²) in [6.07, 6.45) is 5.25. The van der Waals surface area contributed by atoms with Crippen molar-refractivity contribution in [3.05, 3.63) is 0 Å². The largest absolute Gasteiger partial charge is 0.463 e. The molecule has 4 fully saturated rings. The maximum absolute atomic E-state index is 12.9. The third-order valence-electron chi connectivity index (χ3n) is 9.22. The third kappa shape index (κ3) is 2.88. The van der Waals surface area contributed by atoms with Crippen molar-refractivity contribution < 1.29 is 29.0 Å². The molecule has 0 aliphatic heterocycles. The fourth-order valence-corrected chi connectivity index (χ4v) is 7.63. The zero-order valence-corrected chi connectivity index (χ0v) is 18.0. The molecule has 4 saturated carbocycles. The molecule has 0 spiro atoms. The van der Waals surface area contributed by atoms with E-state index >= 15 is 0 Å². The van der Waals surface area contributed by atoms with E-state index in [0.29, 0.717) is 25.2 Å². The molecule has 0 aromatic heterocycles. The van der Waals surface area contributed by atoms with Crippen LogP contribution in [0.1, 0.15) is 79.1 Å². The van der Waals surface area contributed by atoms with E-state index in [9.17, 15) is 19.5 Å². The highest BCUT2D eigenvalue weighted by Crippen LogP contribution is 2.67. The molecule has 0 amide bonds. The minimum absolute atomic E-state index is 0.0132. The van der Waals surface area contributed by atoms with Crippen LogP contribution in [0.25, 0.3) is 0 Å². The van der Waals surface area contributed by atoms with Gasteiger partial charge in [-0.2, -0.15) is 0 Å². The number of hydrogen-bond donors (Lipinski definition) is 1. The molecule has 8 atom stereocenters. The lowest BCUT2D eigenvalue weighted by molar-refractivity contribution is -0.239. The Balaban J connectivity index is 1.67. The summed E-state index contributed by atoms with van der Waals surface area (Å²) in [5, 5.41) is 11.9. The lowest BCUT2D eigenvalue weighted by Crippen LogP contribution is -2.67. The SMILES string of the molecule is CC(=O)O[C@H]1CC[C@@]2(C)[C@@H](CC[C@@H]3[C@@H]2C[C@@H](OC(C)=O)[C@]2(C)C(=O)CC[C@]32O)C1. The van der Waals surface area contributed by atoms with E-state index in [-0.39, 0.29) is 35.1 Å². The molecule has 1 N–H and O–H groups in total. The van der Waals surface area contributed by atoms with Gasteiger partial charge in [-0.15, -0.1) is 0 Å². The smallest absolute Gasteiger partial charge is 0.302 e. The molecular weight excluding hydrogens is 372 g/mol. The molecule has 0 radical (unpaired) electrons. The molecule has 4 aliphatic carbocycles. The summed E-state index contributed by atoms with van der Waals surface area (Å²) in [5.74, 6) is 0.0350. The van der Waals surface area contributed by atoms with Gasteiger partial charge < -0.3 is 14.6 Å². The molecule has 0 unspecified atom stereocenters. The maximum atomic E-state index is 12.9. The summed E-state index contributed by atoms with van der Waals surface area (Å²) in [7, 11) is 0. The van der Waals surface area contributed by atoms with Crippen molar-refractivity contribution in [1.82, 2.24) is 0 Å². The van der Waals surface area contributed by atoms with Crippen molar-refractivity contribution in [1.29, 1.82) is 0 Å². The van der Waals surface area contributed by atoms with Gasteiger partial charge in [0, 0.05) is 20.3 Å². The Labute approximate surface area is 172 Å². The zero-order chi connectivity index (χ0) is 21.2. The maximum Gasteiger partial charge on any atom is 0.302 e. The van der Waals surface area contributed by atoms with Crippen LogP contribution in [0.4, 0.5) is 0 Å². The molecule has 0 aromatic rings. The normalized spacial score (nSPS) is 48.9. The second kappa shape index (κ2) is 6.79. The highest BCUT2D eigenvalue weighted by Gasteiger charge is 2.71. The van der Waals surface area contributed by atoms with Gasteiger partial charge >= 0.3 is 11.9 Å². The monoisotopic (exact) mass is 406 g/mol. The Morgan fingerprint density at radius 2 is 1.66 bits per heavy atom. The Hall–Kier alpha value is -1.43. The second-order valence-electron chi connectivity index (χ2n) is 10.4. The van der Waals surface area contributed by atoms with Gasteiger partial charge in [0.1, 0.15) is 18.0 Å². The second-order valence-corrected chi connectivity index (χ2v) is 10.4. The number of hydrogen-bond acceptors (Lipinski definition) is 6. The number of esters is 2. The van der Waals surface area contributed by atoms with E-state index in [1.54, 1.807) is 0 Å². The quantitative estimate of drug-likeness (QED) is 0.709. The summed E-state index contributed by atoms with van der Waals surface area (Å²) in [6.45, 7) is 6.96. The van der Waals surface area contributed by atoms with Gasteiger partial charge in [-0.25, -0.2) is 0 Å². The van der Waals surface area contributed by atoms with Gasteiger partial charge in [-0.1, -0.05) is 6.92 Å². The lowest BCUT2D eigenvalue weighted by Gasteiger charge is -2.63. The van der Waals surface area contributed by atoms with Gasteiger partial charge in [0.05, 0.1) is 11.0 Å². The van der Waals surface area contributed by atoms with Crippen molar-refractivity contribution >= 4 is 17.7 Å². The molecule has 0 aromatic carbocycles. The van der Waals surface area contributed by atoms with E-state index in [1.807, 2.05) is 6.92 Å². The summed E-state index contributed by atoms with van der Waals surface area (Å²) in [4.78, 5) is 36.2. The predicted molar refractivity (Wildman–Crippen MR) is 105 cm³/mol. The van der Waals surface area contributed by atoms with Crippen molar-refractivity contribution in [2.45, 2.75) is 96.9 Å². The summed E-state index contributed by atoms with van der Waals surface area (Å²) >= 11 is 0. The number of carbonyl (C=O) groups is 3. The van der Waals surface area contributed by atoms with Crippen molar-refractivity contribution in [2.24, 2.45) is 28.6 Å². The summed E-state index contributed by atoms with van der Waals surface area (Å²) < 4.78 is 11.2. The van der Waals surface area contributed by atoms with Crippen molar-refractivity contribution in [3.63, 3.8) is 0 Å².